The Hall–Kier alpha value is -0.580. The van der Waals surface area contributed by atoms with Gasteiger partial charge in [0, 0.05) is 11.8 Å². The normalized spacial score (nSPS) is 46.2. The quantitative estimate of drug-likeness (QED) is 0.378. The molecule has 0 radical (unpaired) electrons. The van der Waals surface area contributed by atoms with Crippen LogP contribution in [0.25, 0.3) is 0 Å². The number of aliphatic carboxylic acids is 1. The van der Waals surface area contributed by atoms with E-state index in [9.17, 15) is 9.90 Å². The molecule has 2 bridgehead atoms. The van der Waals surface area contributed by atoms with E-state index >= 15 is 0 Å². The lowest BCUT2D eigenvalue weighted by Crippen LogP contribution is -3.00. The lowest BCUT2D eigenvalue weighted by Gasteiger charge is -2.27. The minimum Gasteiger partial charge on any atom is -1.00 e. The summed E-state index contributed by atoms with van der Waals surface area (Å²) in [6.07, 6.45) is 3.67. The van der Waals surface area contributed by atoms with Gasteiger partial charge in [-0.2, -0.15) is 0 Å². The number of hydrogen-bond acceptors (Lipinski definition) is 2. The van der Waals surface area contributed by atoms with Crippen molar-refractivity contribution in [2.75, 3.05) is 0 Å². The maximum atomic E-state index is 10.9. The number of aliphatic hydroxyl groups is 1. The average molecular weight is 206 g/mol. The number of halogens is 1. The Balaban J connectivity index is 0.000000845. The number of aliphatic hydroxyl groups excluding tert-OH is 1. The number of carboxylic acids is 1. The zero-order valence-corrected chi connectivity index (χ0v) is 7.74. The largest absolute Gasteiger partial charge is 1.00 e. The number of rotatable bonds is 1. The monoisotopic (exact) mass is 205 g/mol. The van der Waals surface area contributed by atoms with Crippen LogP contribution in [0.2, 0.25) is 0 Å². The van der Waals surface area contributed by atoms with Gasteiger partial charge in [-0.3, -0.25) is 0 Å². The summed E-state index contributed by atoms with van der Waals surface area (Å²) in [7, 11) is 0. The fourth-order valence-corrected chi connectivity index (χ4v) is 2.23. The zero-order chi connectivity index (χ0) is 8.93. The Kier molecular flexibility index (Phi) is 2.40. The summed E-state index contributed by atoms with van der Waals surface area (Å²) in [5, 5.41) is 18.5. The van der Waals surface area contributed by atoms with Gasteiger partial charge in [0.05, 0.1) is 0 Å². The molecule has 4 atom stereocenters. The third-order valence-corrected chi connectivity index (χ3v) is 3.11. The first-order chi connectivity index (χ1) is 5.56. The van der Waals surface area contributed by atoms with Gasteiger partial charge in [-0.1, -0.05) is 12.2 Å². The fraction of sp³-hybridized carbons (Fsp3) is 0.625. The summed E-state index contributed by atoms with van der Waals surface area (Å²) >= 11 is 0. The van der Waals surface area contributed by atoms with Crippen LogP contribution in [0.3, 0.4) is 0 Å². The van der Waals surface area contributed by atoms with Crippen molar-refractivity contribution in [2.45, 2.75) is 18.1 Å². The van der Waals surface area contributed by atoms with Gasteiger partial charge in [-0.25, -0.2) is 4.79 Å². The highest BCUT2D eigenvalue weighted by atomic mass is 35.5. The molecule has 0 aliphatic heterocycles. The Labute approximate surface area is 81.8 Å². The van der Waals surface area contributed by atoms with Gasteiger partial charge in [-0.15, -0.1) is 0 Å². The van der Waals surface area contributed by atoms with Crippen molar-refractivity contribution in [3.63, 3.8) is 0 Å². The van der Waals surface area contributed by atoms with E-state index in [1.54, 1.807) is 0 Å². The van der Waals surface area contributed by atoms with Crippen molar-refractivity contribution in [2.24, 2.45) is 11.8 Å². The number of hydrogen-bond donors (Lipinski definition) is 3. The summed E-state index contributed by atoms with van der Waals surface area (Å²) < 4.78 is 0. The van der Waals surface area contributed by atoms with Crippen LogP contribution in [0.4, 0.5) is 0 Å². The first-order valence-electron chi connectivity index (χ1n) is 4.02. The summed E-state index contributed by atoms with van der Waals surface area (Å²) in [6.45, 7) is 0. The molecule has 2 aliphatic rings. The van der Waals surface area contributed by atoms with Crippen LogP contribution in [0.1, 0.15) is 6.42 Å². The van der Waals surface area contributed by atoms with Crippen molar-refractivity contribution in [1.29, 1.82) is 0 Å². The first-order valence-corrected chi connectivity index (χ1v) is 4.02. The highest BCUT2D eigenvalue weighted by Crippen LogP contribution is 2.43. The molecule has 0 amide bonds. The van der Waals surface area contributed by atoms with E-state index in [0.29, 0.717) is 0 Å². The van der Waals surface area contributed by atoms with E-state index in [-0.39, 0.29) is 24.2 Å². The van der Waals surface area contributed by atoms with Gasteiger partial charge >= 0.3 is 5.97 Å². The van der Waals surface area contributed by atoms with Crippen molar-refractivity contribution >= 4 is 5.97 Å². The van der Waals surface area contributed by atoms with Crippen molar-refractivity contribution in [3.8, 4) is 0 Å². The van der Waals surface area contributed by atoms with E-state index < -0.39 is 17.6 Å². The molecule has 74 valence electrons. The molecule has 2 rings (SSSR count). The van der Waals surface area contributed by atoms with Crippen LogP contribution >= 0.6 is 0 Å². The minimum absolute atomic E-state index is 0. The molecule has 5 heteroatoms. The molecule has 2 aliphatic carbocycles. The number of carbonyl (C=O) groups is 1. The van der Waals surface area contributed by atoms with Crippen LogP contribution in [0.15, 0.2) is 12.2 Å². The maximum absolute atomic E-state index is 10.9. The standard InChI is InChI=1S/C8H11NO3.ClH/c9-8(7(11)12)5-2-1-4(3-5)6(8)10;/h1-2,4-6,10H,3,9H2,(H,11,12);1H/t4-,5+,6-,8+;/m1./s1. The minimum atomic E-state index is -1.20. The predicted molar refractivity (Wildman–Crippen MR) is 40.0 cm³/mol. The Morgan fingerprint density at radius 1 is 1.54 bits per heavy atom. The maximum Gasteiger partial charge on any atom is 0.368 e. The van der Waals surface area contributed by atoms with Crippen LogP contribution in [-0.2, 0) is 4.79 Å². The van der Waals surface area contributed by atoms with Crippen molar-refractivity contribution in [3.05, 3.63) is 12.2 Å². The second kappa shape index (κ2) is 2.97. The van der Waals surface area contributed by atoms with Crippen LogP contribution in [-0.4, -0.2) is 27.8 Å². The smallest absolute Gasteiger partial charge is 0.368 e. The van der Waals surface area contributed by atoms with E-state index in [4.69, 9.17) is 5.11 Å². The topological polar surface area (TPSA) is 85.2 Å². The van der Waals surface area contributed by atoms with E-state index in [0.717, 1.165) is 6.42 Å². The molecule has 0 spiro atoms. The molecule has 0 aromatic carbocycles. The van der Waals surface area contributed by atoms with Crippen LogP contribution in [0.5, 0.6) is 0 Å². The van der Waals surface area contributed by atoms with E-state index in [1.165, 1.54) is 0 Å². The summed E-state index contributed by atoms with van der Waals surface area (Å²) in [6, 6.07) is 0. The lowest BCUT2D eigenvalue weighted by molar-refractivity contribution is -0.484. The lowest BCUT2D eigenvalue weighted by atomic mass is 9.83. The highest BCUT2D eigenvalue weighted by molar-refractivity contribution is 5.79. The number of fused-ring (bicyclic) bond motifs is 2. The number of quaternary nitrogens is 1. The zero-order valence-electron chi connectivity index (χ0n) is 6.98. The highest BCUT2D eigenvalue weighted by Gasteiger charge is 2.61. The molecule has 0 aromatic heterocycles. The van der Waals surface area contributed by atoms with E-state index in [1.807, 2.05) is 12.2 Å². The Bertz CT molecular complexity index is 268. The van der Waals surface area contributed by atoms with Gasteiger partial charge in [0.15, 0.2) is 0 Å². The summed E-state index contributed by atoms with van der Waals surface area (Å²) in [5.74, 6) is -1.08. The van der Waals surface area contributed by atoms with Crippen molar-refractivity contribution in [1.82, 2.24) is 0 Å². The van der Waals surface area contributed by atoms with Gasteiger partial charge in [0.1, 0.15) is 6.10 Å². The fourth-order valence-electron chi connectivity index (χ4n) is 2.23. The van der Waals surface area contributed by atoms with Gasteiger partial charge in [0.25, 0.3) is 0 Å². The molecule has 5 N–H and O–H groups in total. The molecule has 0 saturated heterocycles. The van der Waals surface area contributed by atoms with Gasteiger partial charge in [0.2, 0.25) is 5.54 Å². The van der Waals surface area contributed by atoms with Crippen LogP contribution < -0.4 is 18.1 Å². The first kappa shape index (κ1) is 10.5. The third-order valence-electron chi connectivity index (χ3n) is 3.11. The number of carboxylic acid groups (broad SMARTS) is 1. The third kappa shape index (κ3) is 1.10. The van der Waals surface area contributed by atoms with Crippen LogP contribution in [0, 0.1) is 11.8 Å². The molecular weight excluding hydrogens is 194 g/mol. The predicted octanol–water partition coefficient (Wildman–Crippen LogP) is -4.38. The molecule has 4 nitrogen and oxygen atoms in total. The second-order valence-corrected chi connectivity index (χ2v) is 3.68. The molecule has 1 saturated carbocycles. The SMILES string of the molecule is [Cl-].[NH3+][C@]1(C(=O)O)[C@H](O)[C@@H]2C=C[C@H]1C2. The Morgan fingerprint density at radius 3 is 2.46 bits per heavy atom. The molecular formula is C8H12ClNO3. The summed E-state index contributed by atoms with van der Waals surface area (Å²) in [5.41, 5.74) is 2.44. The van der Waals surface area contributed by atoms with Crippen molar-refractivity contribution < 1.29 is 33.1 Å². The summed E-state index contributed by atoms with van der Waals surface area (Å²) in [4.78, 5) is 10.9. The molecule has 0 aromatic rings. The molecule has 0 heterocycles. The molecule has 1 fully saturated rings. The molecule has 13 heavy (non-hydrogen) atoms. The Morgan fingerprint density at radius 2 is 2.15 bits per heavy atom. The average Bonchev–Trinajstić information content (AvgIpc) is 2.55. The second-order valence-electron chi connectivity index (χ2n) is 3.68. The van der Waals surface area contributed by atoms with E-state index in [2.05, 4.69) is 5.73 Å². The van der Waals surface area contributed by atoms with Gasteiger partial charge in [-0.05, 0) is 6.42 Å². The van der Waals surface area contributed by atoms with Gasteiger partial charge < -0.3 is 28.4 Å². The molecule has 0 unspecified atom stereocenters.